The first-order valence-electron chi connectivity index (χ1n) is 15.6. The number of carbonyl (C=O) groups is 1. The number of aliphatic hydroxyl groups is 2. The van der Waals surface area contributed by atoms with Gasteiger partial charge in [-0.2, -0.15) is 0 Å². The van der Waals surface area contributed by atoms with E-state index in [1.807, 2.05) is 84.9 Å². The van der Waals surface area contributed by atoms with Gasteiger partial charge in [-0.3, -0.25) is 4.79 Å². The summed E-state index contributed by atoms with van der Waals surface area (Å²) in [5.41, 5.74) is 2.43. The number of aromatic nitrogens is 1. The minimum atomic E-state index is -1.43. The largest absolute Gasteiger partial charge is 0.506 e. The zero-order valence-electron chi connectivity index (χ0n) is 26.0. The van der Waals surface area contributed by atoms with E-state index in [2.05, 4.69) is 21.1 Å². The molecule has 1 atom stereocenters. The van der Waals surface area contributed by atoms with Gasteiger partial charge in [-0.1, -0.05) is 84.0 Å². The first-order valence-corrected chi connectivity index (χ1v) is 15.6. The van der Waals surface area contributed by atoms with E-state index < -0.39 is 11.7 Å². The topological polar surface area (TPSA) is 149 Å². The quantitative estimate of drug-likeness (QED) is 0.0459. The lowest BCUT2D eigenvalue weighted by molar-refractivity contribution is -0.105. The number of ether oxygens (including phenoxy) is 1. The van der Waals surface area contributed by atoms with Crippen LogP contribution in [0.2, 0.25) is 0 Å². The van der Waals surface area contributed by atoms with Crippen molar-refractivity contribution in [2.24, 2.45) is 0 Å². The van der Waals surface area contributed by atoms with Crippen LogP contribution in [0.15, 0.2) is 114 Å². The summed E-state index contributed by atoms with van der Waals surface area (Å²) in [5, 5.41) is 45.3. The highest BCUT2D eigenvalue weighted by Crippen LogP contribution is 2.36. The van der Waals surface area contributed by atoms with Crippen LogP contribution in [-0.4, -0.2) is 53.1 Å². The van der Waals surface area contributed by atoms with Gasteiger partial charge in [-0.05, 0) is 72.5 Å². The maximum Gasteiger partial charge on any atom is 0.211 e. The second kappa shape index (κ2) is 16.5. The van der Waals surface area contributed by atoms with Crippen molar-refractivity contribution in [3.05, 3.63) is 143 Å². The summed E-state index contributed by atoms with van der Waals surface area (Å²) in [7, 11) is 0. The summed E-state index contributed by atoms with van der Waals surface area (Å²) < 4.78 is 11.5. The number of aliphatic hydroxyl groups excluding tert-OH is 1. The smallest absolute Gasteiger partial charge is 0.211 e. The maximum absolute atomic E-state index is 11.9. The number of carbonyl (C=O) groups excluding carboxylic acids is 1. The molecule has 0 radical (unpaired) electrons. The minimum Gasteiger partial charge on any atom is -0.506 e. The third kappa shape index (κ3) is 8.84. The minimum absolute atomic E-state index is 0.0546. The van der Waals surface area contributed by atoms with Crippen LogP contribution in [0.4, 0.5) is 5.69 Å². The van der Waals surface area contributed by atoms with E-state index >= 15 is 0 Å². The van der Waals surface area contributed by atoms with Crippen LogP contribution < -0.4 is 20.7 Å². The van der Waals surface area contributed by atoms with Crippen LogP contribution in [-0.2, 0) is 23.4 Å². The summed E-state index contributed by atoms with van der Waals surface area (Å²) in [6.45, 7) is 2.75. The molecule has 0 fully saturated rings. The van der Waals surface area contributed by atoms with E-state index in [1.165, 1.54) is 6.07 Å². The Morgan fingerprint density at radius 2 is 1.57 bits per heavy atom. The van der Waals surface area contributed by atoms with E-state index in [0.29, 0.717) is 67.3 Å². The number of phenols is 1. The number of nitrogens with zero attached hydrogens (tertiary/aromatic N) is 1. The molecule has 0 bridgehead atoms. The van der Waals surface area contributed by atoms with E-state index in [1.54, 1.807) is 18.2 Å². The number of nitrogens with one attached hydrogen (secondary N) is 3. The van der Waals surface area contributed by atoms with Crippen molar-refractivity contribution >= 4 is 12.1 Å². The average Bonchev–Trinajstić information content (AvgIpc) is 3.59. The highest BCUT2D eigenvalue weighted by atomic mass is 16.5. The van der Waals surface area contributed by atoms with Crippen molar-refractivity contribution in [3.63, 3.8) is 0 Å². The van der Waals surface area contributed by atoms with Gasteiger partial charge in [0.25, 0.3) is 0 Å². The van der Waals surface area contributed by atoms with Crippen LogP contribution >= 0.6 is 0 Å². The van der Waals surface area contributed by atoms with Crippen LogP contribution in [0.3, 0.4) is 0 Å². The standard InChI is InChI=1S/C37H40N4O6/c42-26-40-33-22-28(14-17-34(33)43)35(44)25-39-20-18-27-12-15-31(16-13-27)46-21-7-19-38-24-32-23-36(41-47-32)37(45,29-8-3-1-4-9-29)30-10-5-2-6-11-30/h1-6,8-17,22-23,26,35,38-39,43-45H,7,18-21,24-25H2,(H,40,42). The van der Waals surface area contributed by atoms with Crippen molar-refractivity contribution in [1.29, 1.82) is 0 Å². The molecular weight excluding hydrogens is 596 g/mol. The number of rotatable bonds is 18. The highest BCUT2D eigenvalue weighted by molar-refractivity contribution is 5.75. The average molecular weight is 637 g/mol. The van der Waals surface area contributed by atoms with Crippen LogP contribution in [0.1, 0.15) is 46.2 Å². The van der Waals surface area contributed by atoms with Crippen molar-refractivity contribution in [1.82, 2.24) is 15.8 Å². The first kappa shape index (κ1) is 33.4. The van der Waals surface area contributed by atoms with Crippen molar-refractivity contribution in [3.8, 4) is 11.5 Å². The lowest BCUT2D eigenvalue weighted by atomic mass is 9.83. The van der Waals surface area contributed by atoms with Gasteiger partial charge in [-0.25, -0.2) is 0 Å². The molecule has 0 aliphatic rings. The predicted octanol–water partition coefficient (Wildman–Crippen LogP) is 4.66. The van der Waals surface area contributed by atoms with Crippen LogP contribution in [0, 0.1) is 0 Å². The molecule has 10 nitrogen and oxygen atoms in total. The molecule has 5 aromatic rings. The molecule has 1 unspecified atom stereocenters. The highest BCUT2D eigenvalue weighted by Gasteiger charge is 2.37. The van der Waals surface area contributed by atoms with Crippen molar-refractivity contribution < 1.29 is 29.4 Å². The molecule has 6 N–H and O–H groups in total. The fraction of sp³-hybridized carbons (Fsp3) is 0.243. The monoisotopic (exact) mass is 636 g/mol. The molecule has 1 heterocycles. The number of benzene rings is 4. The lowest BCUT2D eigenvalue weighted by Gasteiger charge is -2.27. The Morgan fingerprint density at radius 3 is 2.26 bits per heavy atom. The van der Waals surface area contributed by atoms with Crippen LogP contribution in [0.25, 0.3) is 0 Å². The SMILES string of the molecule is O=CNc1cc(C(O)CNCCc2ccc(OCCCNCc3cc(C(O)(c4ccccc4)c4ccccc4)no3)cc2)ccc1O. The Labute approximate surface area is 274 Å². The lowest BCUT2D eigenvalue weighted by Crippen LogP contribution is -2.29. The van der Waals surface area contributed by atoms with E-state index in [9.17, 15) is 20.1 Å². The van der Waals surface area contributed by atoms with Crippen LogP contribution in [0.5, 0.6) is 11.5 Å². The summed E-state index contributed by atoms with van der Waals surface area (Å²) in [4.78, 5) is 10.7. The molecule has 0 aliphatic heterocycles. The molecule has 244 valence electrons. The van der Waals surface area contributed by atoms with Gasteiger partial charge in [0.15, 0.2) is 11.4 Å². The number of phenolic OH excluding ortho intramolecular Hbond substituents is 1. The third-order valence-corrected chi connectivity index (χ3v) is 7.85. The zero-order valence-corrected chi connectivity index (χ0v) is 26.0. The van der Waals surface area contributed by atoms with Gasteiger partial charge >= 0.3 is 0 Å². The number of hydrogen-bond acceptors (Lipinski definition) is 9. The van der Waals surface area contributed by atoms with E-state index in [0.717, 1.165) is 24.2 Å². The molecule has 5 rings (SSSR count). The summed E-state index contributed by atoms with van der Waals surface area (Å²) >= 11 is 0. The molecule has 0 saturated carbocycles. The third-order valence-electron chi connectivity index (χ3n) is 7.85. The number of amides is 1. The van der Waals surface area contributed by atoms with Gasteiger partial charge in [-0.15, -0.1) is 0 Å². The Kier molecular flexibility index (Phi) is 11.7. The molecular formula is C37H40N4O6. The predicted molar refractivity (Wildman–Crippen MR) is 179 cm³/mol. The van der Waals surface area contributed by atoms with Gasteiger partial charge in [0.2, 0.25) is 6.41 Å². The molecule has 1 amide bonds. The van der Waals surface area contributed by atoms with Crippen molar-refractivity contribution in [2.75, 3.05) is 31.6 Å². The molecule has 10 heteroatoms. The molecule has 0 aliphatic carbocycles. The summed E-state index contributed by atoms with van der Waals surface area (Å²) in [6.07, 6.45) is 1.28. The second-order valence-electron chi connectivity index (χ2n) is 11.2. The fourth-order valence-electron chi connectivity index (χ4n) is 5.27. The Bertz CT molecular complexity index is 1640. The van der Waals surface area contributed by atoms with Gasteiger partial charge < -0.3 is 40.5 Å². The Morgan fingerprint density at radius 1 is 0.872 bits per heavy atom. The number of hydrogen-bond donors (Lipinski definition) is 6. The normalized spacial score (nSPS) is 12.0. The van der Waals surface area contributed by atoms with Gasteiger partial charge in [0, 0.05) is 12.6 Å². The van der Waals surface area contributed by atoms with E-state index in [-0.39, 0.29) is 11.4 Å². The molecule has 4 aromatic carbocycles. The maximum atomic E-state index is 11.9. The fourth-order valence-corrected chi connectivity index (χ4v) is 5.27. The Hall–Kier alpha value is -5.00. The molecule has 0 spiro atoms. The summed E-state index contributed by atoms with van der Waals surface area (Å²) in [5.74, 6) is 1.37. The number of aromatic hydroxyl groups is 1. The van der Waals surface area contributed by atoms with Crippen molar-refractivity contribution in [2.45, 2.75) is 31.1 Å². The zero-order chi connectivity index (χ0) is 32.9. The Balaban J connectivity index is 1.000. The number of anilines is 1. The first-order chi connectivity index (χ1) is 23.0. The van der Waals surface area contributed by atoms with Gasteiger partial charge in [0.05, 0.1) is 24.9 Å². The molecule has 1 aromatic heterocycles. The molecule has 0 saturated heterocycles. The van der Waals surface area contributed by atoms with Gasteiger partial charge in [0.1, 0.15) is 17.2 Å². The second-order valence-corrected chi connectivity index (χ2v) is 11.2. The summed E-state index contributed by atoms with van der Waals surface area (Å²) in [6, 6.07) is 33.3. The van der Waals surface area contributed by atoms with E-state index in [4.69, 9.17) is 9.26 Å². The molecule has 47 heavy (non-hydrogen) atoms.